The standard InChI is InChI=1S/C10H20OS2/c1-3-4-6-10(9(2)11)13-8-5-7-12/h10,12H,3-8H2,1-2H3. The molecule has 0 aliphatic heterocycles. The van der Waals surface area contributed by atoms with Gasteiger partial charge >= 0.3 is 0 Å². The van der Waals surface area contributed by atoms with Gasteiger partial charge in [0, 0.05) is 0 Å². The lowest BCUT2D eigenvalue weighted by Gasteiger charge is -2.11. The van der Waals surface area contributed by atoms with Gasteiger partial charge in [0.2, 0.25) is 0 Å². The van der Waals surface area contributed by atoms with E-state index in [0.29, 0.717) is 5.78 Å². The van der Waals surface area contributed by atoms with Crippen molar-refractivity contribution in [3.05, 3.63) is 0 Å². The van der Waals surface area contributed by atoms with Crippen LogP contribution in [0.3, 0.4) is 0 Å². The van der Waals surface area contributed by atoms with E-state index in [0.717, 1.165) is 30.8 Å². The van der Waals surface area contributed by atoms with Crippen LogP contribution in [0.25, 0.3) is 0 Å². The van der Waals surface area contributed by atoms with Crippen LogP contribution in [0.4, 0.5) is 0 Å². The molecule has 1 nitrogen and oxygen atoms in total. The first kappa shape index (κ1) is 13.4. The number of ketones is 1. The van der Waals surface area contributed by atoms with E-state index in [1.54, 1.807) is 18.7 Å². The maximum atomic E-state index is 11.2. The van der Waals surface area contributed by atoms with Crippen molar-refractivity contribution < 1.29 is 4.79 Å². The minimum atomic E-state index is 0.236. The van der Waals surface area contributed by atoms with E-state index in [2.05, 4.69) is 19.6 Å². The van der Waals surface area contributed by atoms with Crippen LogP contribution in [-0.4, -0.2) is 22.5 Å². The number of carbonyl (C=O) groups is 1. The van der Waals surface area contributed by atoms with Gasteiger partial charge in [0.1, 0.15) is 5.78 Å². The Morgan fingerprint density at radius 2 is 2.15 bits per heavy atom. The molecule has 0 bridgehead atoms. The van der Waals surface area contributed by atoms with E-state index in [-0.39, 0.29) is 5.25 Å². The van der Waals surface area contributed by atoms with Gasteiger partial charge in [-0.05, 0) is 31.3 Å². The molecule has 0 aromatic heterocycles. The van der Waals surface area contributed by atoms with Crippen molar-refractivity contribution in [1.82, 2.24) is 0 Å². The maximum Gasteiger partial charge on any atom is 0.142 e. The van der Waals surface area contributed by atoms with Gasteiger partial charge < -0.3 is 0 Å². The molecule has 0 aliphatic rings. The van der Waals surface area contributed by atoms with Gasteiger partial charge in [0.15, 0.2) is 0 Å². The second kappa shape index (κ2) is 8.95. The third kappa shape index (κ3) is 7.44. The van der Waals surface area contributed by atoms with Crippen molar-refractivity contribution >= 4 is 30.2 Å². The number of hydrogen-bond acceptors (Lipinski definition) is 3. The minimum absolute atomic E-state index is 0.236. The monoisotopic (exact) mass is 220 g/mol. The highest BCUT2D eigenvalue weighted by Crippen LogP contribution is 2.19. The van der Waals surface area contributed by atoms with Gasteiger partial charge in [-0.3, -0.25) is 4.79 Å². The second-order valence-corrected chi connectivity index (χ2v) is 4.95. The molecule has 0 spiro atoms. The summed E-state index contributed by atoms with van der Waals surface area (Å²) >= 11 is 5.94. The lowest BCUT2D eigenvalue weighted by Crippen LogP contribution is -2.14. The molecule has 0 amide bonds. The maximum absolute atomic E-state index is 11.2. The fourth-order valence-electron chi connectivity index (χ4n) is 1.08. The summed E-state index contributed by atoms with van der Waals surface area (Å²) in [6.45, 7) is 3.86. The number of thioether (sulfide) groups is 1. The molecule has 3 heteroatoms. The van der Waals surface area contributed by atoms with Crippen molar-refractivity contribution in [1.29, 1.82) is 0 Å². The molecule has 13 heavy (non-hydrogen) atoms. The molecule has 1 atom stereocenters. The Bertz CT molecular complexity index is 137. The normalized spacial score (nSPS) is 12.8. The molecule has 0 fully saturated rings. The number of hydrogen-bond donors (Lipinski definition) is 1. The van der Waals surface area contributed by atoms with Crippen molar-refractivity contribution in [3.63, 3.8) is 0 Å². The van der Waals surface area contributed by atoms with Gasteiger partial charge in [-0.2, -0.15) is 24.4 Å². The summed E-state index contributed by atoms with van der Waals surface area (Å²) < 4.78 is 0. The molecule has 0 heterocycles. The zero-order chi connectivity index (χ0) is 10.1. The molecular weight excluding hydrogens is 200 g/mol. The highest BCUT2D eigenvalue weighted by molar-refractivity contribution is 8.00. The quantitative estimate of drug-likeness (QED) is 0.500. The van der Waals surface area contributed by atoms with Crippen molar-refractivity contribution in [2.45, 2.75) is 44.8 Å². The first-order valence-electron chi connectivity index (χ1n) is 4.95. The summed E-state index contributed by atoms with van der Waals surface area (Å²) in [7, 11) is 0. The van der Waals surface area contributed by atoms with Gasteiger partial charge in [-0.15, -0.1) is 0 Å². The van der Waals surface area contributed by atoms with Gasteiger partial charge in [-0.25, -0.2) is 0 Å². The topological polar surface area (TPSA) is 17.1 Å². The van der Waals surface area contributed by atoms with Crippen LogP contribution in [-0.2, 0) is 4.79 Å². The summed E-state index contributed by atoms with van der Waals surface area (Å²) in [5.74, 6) is 2.32. The Hall–Kier alpha value is 0.370. The second-order valence-electron chi connectivity index (χ2n) is 3.19. The van der Waals surface area contributed by atoms with E-state index in [1.807, 2.05) is 0 Å². The Morgan fingerprint density at radius 3 is 2.62 bits per heavy atom. The molecular formula is C10H20OS2. The zero-order valence-electron chi connectivity index (χ0n) is 8.58. The summed E-state index contributed by atoms with van der Waals surface area (Å²) in [5.41, 5.74) is 0. The third-order valence-corrected chi connectivity index (χ3v) is 3.71. The molecule has 0 radical (unpaired) electrons. The van der Waals surface area contributed by atoms with Gasteiger partial charge in [0.25, 0.3) is 0 Å². The van der Waals surface area contributed by atoms with E-state index < -0.39 is 0 Å². The van der Waals surface area contributed by atoms with Crippen LogP contribution in [0.15, 0.2) is 0 Å². The lowest BCUT2D eigenvalue weighted by molar-refractivity contribution is -0.116. The van der Waals surface area contributed by atoms with Crippen molar-refractivity contribution in [2.75, 3.05) is 11.5 Å². The Kier molecular flexibility index (Phi) is 9.20. The van der Waals surface area contributed by atoms with Crippen molar-refractivity contribution in [2.24, 2.45) is 0 Å². The first-order valence-corrected chi connectivity index (χ1v) is 6.63. The molecule has 0 aromatic rings. The van der Waals surface area contributed by atoms with Crippen LogP contribution in [0.5, 0.6) is 0 Å². The number of Topliss-reactive ketones (excluding diaryl/α,β-unsaturated/α-hetero) is 1. The molecule has 0 saturated carbocycles. The Labute approximate surface area is 91.5 Å². The predicted octanol–water partition coefficient (Wildman–Crippen LogP) is 3.19. The Morgan fingerprint density at radius 1 is 1.46 bits per heavy atom. The number of rotatable bonds is 8. The molecule has 0 N–H and O–H groups in total. The summed E-state index contributed by atoms with van der Waals surface area (Å²) in [5, 5.41) is 0.236. The van der Waals surface area contributed by atoms with Gasteiger partial charge in [0.05, 0.1) is 5.25 Å². The van der Waals surface area contributed by atoms with Crippen LogP contribution in [0.1, 0.15) is 39.5 Å². The lowest BCUT2D eigenvalue weighted by atomic mass is 10.1. The summed E-state index contributed by atoms with van der Waals surface area (Å²) in [4.78, 5) is 11.2. The predicted molar refractivity (Wildman–Crippen MR) is 64.9 cm³/mol. The molecule has 0 aliphatic carbocycles. The van der Waals surface area contributed by atoms with Crippen LogP contribution in [0, 0.1) is 0 Å². The molecule has 78 valence electrons. The SMILES string of the molecule is CCCCC(SCCCS)C(C)=O. The van der Waals surface area contributed by atoms with E-state index in [1.165, 1.54) is 6.42 Å². The zero-order valence-corrected chi connectivity index (χ0v) is 10.3. The highest BCUT2D eigenvalue weighted by Gasteiger charge is 2.12. The van der Waals surface area contributed by atoms with Crippen molar-refractivity contribution in [3.8, 4) is 0 Å². The number of unbranched alkanes of at least 4 members (excludes halogenated alkanes) is 1. The van der Waals surface area contributed by atoms with E-state index >= 15 is 0 Å². The average molecular weight is 220 g/mol. The smallest absolute Gasteiger partial charge is 0.142 e. The third-order valence-electron chi connectivity index (χ3n) is 1.89. The molecule has 0 rings (SSSR count). The van der Waals surface area contributed by atoms with Gasteiger partial charge in [-0.1, -0.05) is 19.8 Å². The van der Waals surface area contributed by atoms with Crippen LogP contribution >= 0.6 is 24.4 Å². The Balaban J connectivity index is 3.61. The fourth-order valence-corrected chi connectivity index (χ4v) is 2.62. The fraction of sp³-hybridized carbons (Fsp3) is 0.900. The van der Waals surface area contributed by atoms with E-state index in [4.69, 9.17) is 0 Å². The highest BCUT2D eigenvalue weighted by atomic mass is 32.2. The minimum Gasteiger partial charge on any atom is -0.299 e. The largest absolute Gasteiger partial charge is 0.299 e. The summed E-state index contributed by atoms with van der Waals surface area (Å²) in [6.07, 6.45) is 4.49. The number of carbonyl (C=O) groups excluding carboxylic acids is 1. The van der Waals surface area contributed by atoms with Crippen LogP contribution in [0.2, 0.25) is 0 Å². The van der Waals surface area contributed by atoms with E-state index in [9.17, 15) is 4.79 Å². The molecule has 0 aromatic carbocycles. The number of thiol groups is 1. The summed E-state index contributed by atoms with van der Waals surface area (Å²) in [6, 6.07) is 0. The van der Waals surface area contributed by atoms with Crippen LogP contribution < -0.4 is 0 Å². The average Bonchev–Trinajstić information content (AvgIpc) is 2.10. The molecule has 1 unspecified atom stereocenters. The molecule has 0 saturated heterocycles. The first-order chi connectivity index (χ1) is 6.22.